The van der Waals surface area contributed by atoms with E-state index in [4.69, 9.17) is 27.4 Å². The molecule has 3 amide bonds. The topological polar surface area (TPSA) is 290 Å². The predicted octanol–water partition coefficient (Wildman–Crippen LogP) is -2.32. The highest BCUT2D eigenvalue weighted by Crippen LogP contribution is 2.11. The average Bonchev–Trinajstić information content (AvgIpc) is 2.83. The molecule has 12 N–H and O–H groups in total. The SMILES string of the molecule is CCC(C)C(NC(=O)C(CCC(=O)O)NC(=O)C(N)CCCN=C(N)N)C(=O)NC(CCC(=O)O)C(=O)O. The summed E-state index contributed by atoms with van der Waals surface area (Å²) in [6.45, 7) is 3.57. The van der Waals surface area contributed by atoms with Gasteiger partial charge in [0, 0.05) is 19.4 Å². The molecule has 0 aliphatic rings. The lowest BCUT2D eigenvalue weighted by atomic mass is 9.96. The molecule has 5 atom stereocenters. The van der Waals surface area contributed by atoms with Gasteiger partial charge in [0.05, 0.1) is 6.04 Å². The zero-order valence-electron chi connectivity index (χ0n) is 21.5. The molecule has 0 aromatic carbocycles. The normalized spacial score (nSPS) is 14.6. The van der Waals surface area contributed by atoms with Crippen molar-refractivity contribution in [3.8, 4) is 0 Å². The van der Waals surface area contributed by atoms with Crippen molar-refractivity contribution in [3.05, 3.63) is 0 Å². The van der Waals surface area contributed by atoms with Crippen LogP contribution < -0.4 is 33.2 Å². The summed E-state index contributed by atoms with van der Waals surface area (Å²) in [5, 5.41) is 34.3. The highest BCUT2D eigenvalue weighted by atomic mass is 16.4. The molecule has 0 bridgehead atoms. The maximum Gasteiger partial charge on any atom is 0.326 e. The average molecular weight is 546 g/mol. The largest absolute Gasteiger partial charge is 0.481 e. The molecule has 0 aliphatic heterocycles. The molecule has 0 spiro atoms. The van der Waals surface area contributed by atoms with Crippen molar-refractivity contribution in [2.45, 2.75) is 83.0 Å². The minimum absolute atomic E-state index is 0.120. The Labute approximate surface area is 219 Å². The van der Waals surface area contributed by atoms with Crippen LogP contribution >= 0.6 is 0 Å². The second-order valence-corrected chi connectivity index (χ2v) is 8.75. The second-order valence-electron chi connectivity index (χ2n) is 8.75. The molecule has 216 valence electrons. The number of carbonyl (C=O) groups excluding carboxylic acids is 3. The quantitative estimate of drug-likeness (QED) is 0.0469. The van der Waals surface area contributed by atoms with Gasteiger partial charge in [0.1, 0.15) is 18.1 Å². The molecule has 0 aromatic heterocycles. The fraction of sp³-hybridized carbons (Fsp3) is 0.682. The van der Waals surface area contributed by atoms with Crippen molar-refractivity contribution < 1.29 is 44.1 Å². The number of hydrogen-bond donors (Lipinski definition) is 9. The van der Waals surface area contributed by atoms with Crippen LogP contribution in [0.3, 0.4) is 0 Å². The van der Waals surface area contributed by atoms with Crippen LogP contribution in [0.4, 0.5) is 0 Å². The van der Waals surface area contributed by atoms with Crippen LogP contribution in [0.2, 0.25) is 0 Å². The molecule has 5 unspecified atom stereocenters. The van der Waals surface area contributed by atoms with E-state index in [1.807, 2.05) is 0 Å². The van der Waals surface area contributed by atoms with Gasteiger partial charge in [-0.05, 0) is 31.6 Å². The number of carboxylic acid groups (broad SMARTS) is 3. The Hall–Kier alpha value is -3.95. The second kappa shape index (κ2) is 17.5. The number of nitrogens with zero attached hydrogens (tertiary/aromatic N) is 1. The van der Waals surface area contributed by atoms with Crippen molar-refractivity contribution in [2.75, 3.05) is 6.54 Å². The number of nitrogens with two attached hydrogens (primary N) is 3. The number of carbonyl (C=O) groups is 6. The Bertz CT molecular complexity index is 877. The van der Waals surface area contributed by atoms with Crippen LogP contribution in [0.25, 0.3) is 0 Å². The molecule has 0 fully saturated rings. The number of carboxylic acids is 3. The minimum Gasteiger partial charge on any atom is -0.481 e. The van der Waals surface area contributed by atoms with Crippen LogP contribution in [0.15, 0.2) is 4.99 Å². The van der Waals surface area contributed by atoms with E-state index in [1.54, 1.807) is 13.8 Å². The first-order valence-electron chi connectivity index (χ1n) is 12.1. The molecule has 0 aliphatic carbocycles. The third-order valence-electron chi connectivity index (χ3n) is 5.64. The summed E-state index contributed by atoms with van der Waals surface area (Å²) in [6.07, 6.45) is -0.753. The molecule has 0 saturated carbocycles. The van der Waals surface area contributed by atoms with E-state index in [2.05, 4.69) is 20.9 Å². The van der Waals surface area contributed by atoms with E-state index in [0.29, 0.717) is 12.8 Å². The number of aliphatic imine (C=N–C) groups is 1. The summed E-state index contributed by atoms with van der Waals surface area (Å²) >= 11 is 0. The molecule has 0 heterocycles. The number of nitrogens with one attached hydrogen (secondary N) is 3. The fourth-order valence-corrected chi connectivity index (χ4v) is 3.21. The zero-order chi connectivity index (χ0) is 29.4. The molecule has 0 radical (unpaired) electrons. The van der Waals surface area contributed by atoms with Crippen LogP contribution in [-0.2, 0) is 28.8 Å². The van der Waals surface area contributed by atoms with Gasteiger partial charge in [-0.15, -0.1) is 0 Å². The number of hydrogen-bond acceptors (Lipinski definition) is 8. The van der Waals surface area contributed by atoms with Gasteiger partial charge in [0.25, 0.3) is 0 Å². The van der Waals surface area contributed by atoms with E-state index >= 15 is 0 Å². The summed E-state index contributed by atoms with van der Waals surface area (Å²) in [7, 11) is 0. The number of aliphatic carboxylic acids is 3. The van der Waals surface area contributed by atoms with Gasteiger partial charge in [0.15, 0.2) is 5.96 Å². The van der Waals surface area contributed by atoms with Crippen molar-refractivity contribution in [1.82, 2.24) is 16.0 Å². The Kier molecular flexibility index (Phi) is 15.7. The molecule has 38 heavy (non-hydrogen) atoms. The van der Waals surface area contributed by atoms with E-state index in [9.17, 15) is 33.9 Å². The minimum atomic E-state index is -1.51. The van der Waals surface area contributed by atoms with Crippen LogP contribution in [0, 0.1) is 5.92 Å². The lowest BCUT2D eigenvalue weighted by Crippen LogP contribution is -2.58. The summed E-state index contributed by atoms with van der Waals surface area (Å²) in [4.78, 5) is 75.6. The smallest absolute Gasteiger partial charge is 0.326 e. The number of rotatable bonds is 19. The maximum absolute atomic E-state index is 13.0. The van der Waals surface area contributed by atoms with Gasteiger partial charge in [-0.3, -0.25) is 29.0 Å². The standard InChI is InChI=1S/C22H39N7O9/c1-3-11(2)17(20(36)28-14(21(37)38)7-9-16(32)33)29-19(35)13(6-8-15(30)31)27-18(34)12(23)5-4-10-26-22(24)25/h11-14,17H,3-10,23H2,1-2H3,(H,27,34)(H,28,36)(H,29,35)(H,30,31)(H,32,33)(H,37,38)(H4,24,25,26). The molecular weight excluding hydrogens is 506 g/mol. The molecule has 16 nitrogen and oxygen atoms in total. The lowest BCUT2D eigenvalue weighted by molar-refractivity contribution is -0.143. The Balaban J connectivity index is 5.55. The van der Waals surface area contributed by atoms with E-state index in [0.717, 1.165) is 0 Å². The van der Waals surface area contributed by atoms with Gasteiger partial charge in [-0.25, -0.2) is 4.79 Å². The lowest BCUT2D eigenvalue weighted by Gasteiger charge is -2.28. The van der Waals surface area contributed by atoms with E-state index in [1.165, 1.54) is 0 Å². The molecule has 16 heteroatoms. The Morgan fingerprint density at radius 1 is 0.789 bits per heavy atom. The molecular formula is C22H39N7O9. The molecule has 0 rings (SSSR count). The highest BCUT2D eigenvalue weighted by molar-refractivity contribution is 5.94. The van der Waals surface area contributed by atoms with Crippen LogP contribution in [0.5, 0.6) is 0 Å². The summed E-state index contributed by atoms with van der Waals surface area (Å²) < 4.78 is 0. The van der Waals surface area contributed by atoms with Gasteiger partial charge in [-0.2, -0.15) is 0 Å². The number of amides is 3. The first-order chi connectivity index (χ1) is 17.7. The Morgan fingerprint density at radius 3 is 1.79 bits per heavy atom. The van der Waals surface area contributed by atoms with Crippen molar-refractivity contribution in [2.24, 2.45) is 28.1 Å². The van der Waals surface area contributed by atoms with Crippen molar-refractivity contribution in [1.29, 1.82) is 0 Å². The van der Waals surface area contributed by atoms with E-state index in [-0.39, 0.29) is 31.8 Å². The summed E-state index contributed by atoms with van der Waals surface area (Å²) in [5.74, 6) is -7.01. The number of guanidine groups is 1. The molecule has 0 aromatic rings. The highest BCUT2D eigenvalue weighted by Gasteiger charge is 2.33. The van der Waals surface area contributed by atoms with Gasteiger partial charge < -0.3 is 48.5 Å². The van der Waals surface area contributed by atoms with Gasteiger partial charge >= 0.3 is 17.9 Å². The maximum atomic E-state index is 13.0. The first-order valence-corrected chi connectivity index (χ1v) is 12.1. The first kappa shape index (κ1) is 34.0. The third kappa shape index (κ3) is 14.0. The monoisotopic (exact) mass is 545 g/mol. The zero-order valence-corrected chi connectivity index (χ0v) is 21.5. The third-order valence-corrected chi connectivity index (χ3v) is 5.64. The predicted molar refractivity (Wildman–Crippen MR) is 135 cm³/mol. The fourth-order valence-electron chi connectivity index (χ4n) is 3.21. The van der Waals surface area contributed by atoms with Crippen LogP contribution in [-0.4, -0.2) is 87.6 Å². The summed E-state index contributed by atoms with van der Waals surface area (Å²) in [5.41, 5.74) is 16.3. The summed E-state index contributed by atoms with van der Waals surface area (Å²) in [6, 6.07) is -5.18. The van der Waals surface area contributed by atoms with E-state index < -0.39 is 78.6 Å². The van der Waals surface area contributed by atoms with Gasteiger partial charge in [-0.1, -0.05) is 20.3 Å². The van der Waals surface area contributed by atoms with Gasteiger partial charge in [0.2, 0.25) is 17.7 Å². The van der Waals surface area contributed by atoms with Crippen LogP contribution in [0.1, 0.15) is 58.8 Å². The van der Waals surface area contributed by atoms with Crippen molar-refractivity contribution in [3.63, 3.8) is 0 Å². The van der Waals surface area contributed by atoms with Crippen molar-refractivity contribution >= 4 is 41.6 Å². The Morgan fingerprint density at radius 2 is 1.32 bits per heavy atom. The molecule has 0 saturated heterocycles.